The van der Waals surface area contributed by atoms with Crippen LogP contribution >= 0.6 is 0 Å². The van der Waals surface area contributed by atoms with Crippen molar-refractivity contribution in [3.63, 3.8) is 0 Å². The van der Waals surface area contributed by atoms with E-state index in [1.165, 1.54) is 38.8 Å². The van der Waals surface area contributed by atoms with Gasteiger partial charge in [-0.15, -0.1) is 0 Å². The fourth-order valence-electron chi connectivity index (χ4n) is 2.89. The second kappa shape index (κ2) is 3.82. The Morgan fingerprint density at radius 3 is 2.29 bits per heavy atom. The number of ether oxygens (including phenoxy) is 1. The summed E-state index contributed by atoms with van der Waals surface area (Å²) in [5.41, 5.74) is 0.673. The van der Waals surface area contributed by atoms with Crippen LogP contribution in [-0.4, -0.2) is 37.2 Å². The lowest BCUT2D eigenvalue weighted by Gasteiger charge is -2.51. The van der Waals surface area contributed by atoms with Gasteiger partial charge in [-0.05, 0) is 65.1 Å². The SMILES string of the molecule is CC(C)OC1CC2(CCN(C)CC2)C1. The van der Waals surface area contributed by atoms with Crippen LogP contribution in [0.25, 0.3) is 0 Å². The first-order chi connectivity index (χ1) is 6.60. The second-order valence-electron chi connectivity index (χ2n) is 5.52. The Bertz CT molecular complexity index is 186. The van der Waals surface area contributed by atoms with E-state index in [2.05, 4.69) is 25.8 Å². The third kappa shape index (κ3) is 2.12. The van der Waals surface area contributed by atoms with E-state index < -0.39 is 0 Å². The summed E-state index contributed by atoms with van der Waals surface area (Å²) in [6.45, 7) is 6.85. The van der Waals surface area contributed by atoms with E-state index in [0.29, 0.717) is 17.6 Å². The molecule has 14 heavy (non-hydrogen) atoms. The Labute approximate surface area is 87.6 Å². The van der Waals surface area contributed by atoms with E-state index in [1.807, 2.05) is 0 Å². The molecule has 2 rings (SSSR count). The van der Waals surface area contributed by atoms with Crippen LogP contribution in [0.15, 0.2) is 0 Å². The molecule has 2 heteroatoms. The first-order valence-electron chi connectivity index (χ1n) is 5.94. The Kier molecular flexibility index (Phi) is 2.85. The predicted molar refractivity (Wildman–Crippen MR) is 58.4 cm³/mol. The zero-order chi connectivity index (χ0) is 10.2. The molecule has 0 amide bonds. The molecule has 0 atom stereocenters. The number of likely N-dealkylation sites (tertiary alicyclic amines) is 1. The molecule has 0 unspecified atom stereocenters. The molecule has 1 saturated heterocycles. The van der Waals surface area contributed by atoms with Crippen molar-refractivity contribution < 1.29 is 4.74 Å². The smallest absolute Gasteiger partial charge is 0.0589 e. The molecule has 1 heterocycles. The van der Waals surface area contributed by atoms with Crippen LogP contribution in [0.3, 0.4) is 0 Å². The van der Waals surface area contributed by atoms with Gasteiger partial charge in [0.2, 0.25) is 0 Å². The lowest BCUT2D eigenvalue weighted by molar-refractivity contribution is -0.122. The van der Waals surface area contributed by atoms with Gasteiger partial charge >= 0.3 is 0 Å². The summed E-state index contributed by atoms with van der Waals surface area (Å²) in [7, 11) is 2.23. The van der Waals surface area contributed by atoms with E-state index in [4.69, 9.17) is 4.74 Å². The standard InChI is InChI=1S/C12H23NO/c1-10(2)14-11-8-12(9-11)4-6-13(3)7-5-12/h10-11H,4-9H2,1-3H3. The molecule has 1 aliphatic heterocycles. The second-order valence-corrected chi connectivity index (χ2v) is 5.52. The summed E-state index contributed by atoms with van der Waals surface area (Å²) in [5.74, 6) is 0. The van der Waals surface area contributed by atoms with Crippen LogP contribution < -0.4 is 0 Å². The average Bonchev–Trinajstić information content (AvgIpc) is 2.05. The van der Waals surface area contributed by atoms with Gasteiger partial charge in [-0.25, -0.2) is 0 Å². The molecule has 0 aromatic rings. The van der Waals surface area contributed by atoms with E-state index in [1.54, 1.807) is 0 Å². The molecule has 0 aromatic carbocycles. The van der Waals surface area contributed by atoms with E-state index in [-0.39, 0.29) is 0 Å². The summed E-state index contributed by atoms with van der Waals surface area (Å²) in [4.78, 5) is 2.45. The Hall–Kier alpha value is -0.0800. The molecule has 2 aliphatic rings. The zero-order valence-electron chi connectivity index (χ0n) is 9.75. The minimum atomic E-state index is 0.406. The van der Waals surface area contributed by atoms with Crippen LogP contribution in [0.2, 0.25) is 0 Å². The van der Waals surface area contributed by atoms with Crippen molar-refractivity contribution in [2.45, 2.75) is 51.7 Å². The molecule has 1 spiro atoms. The Morgan fingerprint density at radius 2 is 1.79 bits per heavy atom. The van der Waals surface area contributed by atoms with Gasteiger partial charge in [0, 0.05) is 0 Å². The molecule has 2 fully saturated rings. The number of piperidine rings is 1. The fourth-order valence-corrected chi connectivity index (χ4v) is 2.89. The number of hydrogen-bond acceptors (Lipinski definition) is 2. The maximum Gasteiger partial charge on any atom is 0.0589 e. The molecule has 0 N–H and O–H groups in total. The molecular formula is C12H23NO. The van der Waals surface area contributed by atoms with E-state index >= 15 is 0 Å². The first kappa shape index (κ1) is 10.4. The van der Waals surface area contributed by atoms with Crippen molar-refractivity contribution in [3.8, 4) is 0 Å². The maximum absolute atomic E-state index is 5.83. The lowest BCUT2D eigenvalue weighted by Crippen LogP contribution is -2.49. The van der Waals surface area contributed by atoms with E-state index in [0.717, 1.165) is 0 Å². The molecule has 1 aliphatic carbocycles. The van der Waals surface area contributed by atoms with Crippen LogP contribution in [0.5, 0.6) is 0 Å². The van der Waals surface area contributed by atoms with Gasteiger partial charge in [-0.1, -0.05) is 0 Å². The van der Waals surface area contributed by atoms with Crippen LogP contribution in [0, 0.1) is 5.41 Å². The first-order valence-corrected chi connectivity index (χ1v) is 5.94. The van der Waals surface area contributed by atoms with Gasteiger partial charge in [-0.2, -0.15) is 0 Å². The van der Waals surface area contributed by atoms with Crippen molar-refractivity contribution >= 4 is 0 Å². The molecule has 1 saturated carbocycles. The number of hydrogen-bond donors (Lipinski definition) is 0. The quantitative estimate of drug-likeness (QED) is 0.673. The molecule has 2 nitrogen and oxygen atoms in total. The van der Waals surface area contributed by atoms with Crippen LogP contribution in [-0.2, 0) is 4.74 Å². The summed E-state index contributed by atoms with van der Waals surface area (Å²) < 4.78 is 5.83. The normalized spacial score (nSPS) is 28.3. The Morgan fingerprint density at radius 1 is 1.21 bits per heavy atom. The van der Waals surface area contributed by atoms with E-state index in [9.17, 15) is 0 Å². The summed E-state index contributed by atoms with van der Waals surface area (Å²) in [5, 5.41) is 0. The lowest BCUT2D eigenvalue weighted by atomic mass is 9.61. The molecule has 0 aromatic heterocycles. The number of nitrogens with zero attached hydrogens (tertiary/aromatic N) is 1. The number of rotatable bonds is 2. The van der Waals surface area contributed by atoms with Crippen molar-refractivity contribution in [1.82, 2.24) is 4.90 Å². The van der Waals surface area contributed by atoms with Crippen molar-refractivity contribution in [3.05, 3.63) is 0 Å². The third-order valence-electron chi connectivity index (χ3n) is 3.83. The fraction of sp³-hybridized carbons (Fsp3) is 1.00. The van der Waals surface area contributed by atoms with Crippen molar-refractivity contribution in [2.75, 3.05) is 20.1 Å². The van der Waals surface area contributed by atoms with Gasteiger partial charge in [0.25, 0.3) is 0 Å². The molecule has 0 radical (unpaired) electrons. The third-order valence-corrected chi connectivity index (χ3v) is 3.83. The predicted octanol–water partition coefficient (Wildman–Crippen LogP) is 2.29. The van der Waals surface area contributed by atoms with Gasteiger partial charge in [-0.3, -0.25) is 0 Å². The van der Waals surface area contributed by atoms with Gasteiger partial charge in [0.1, 0.15) is 0 Å². The molecule has 82 valence electrons. The van der Waals surface area contributed by atoms with Gasteiger partial charge < -0.3 is 9.64 Å². The largest absolute Gasteiger partial charge is 0.376 e. The maximum atomic E-state index is 5.83. The summed E-state index contributed by atoms with van der Waals surface area (Å²) >= 11 is 0. The van der Waals surface area contributed by atoms with Crippen molar-refractivity contribution in [1.29, 1.82) is 0 Å². The van der Waals surface area contributed by atoms with Crippen LogP contribution in [0.4, 0.5) is 0 Å². The highest BCUT2D eigenvalue weighted by atomic mass is 16.5. The van der Waals surface area contributed by atoms with Gasteiger partial charge in [0.05, 0.1) is 12.2 Å². The zero-order valence-corrected chi connectivity index (χ0v) is 9.75. The highest BCUT2D eigenvalue weighted by Gasteiger charge is 2.45. The highest BCUT2D eigenvalue weighted by Crippen LogP contribution is 2.50. The minimum absolute atomic E-state index is 0.406. The topological polar surface area (TPSA) is 12.5 Å². The Balaban J connectivity index is 1.75. The monoisotopic (exact) mass is 197 g/mol. The highest BCUT2D eigenvalue weighted by molar-refractivity contribution is 4.97. The molecule has 0 bridgehead atoms. The minimum Gasteiger partial charge on any atom is -0.376 e. The average molecular weight is 197 g/mol. The van der Waals surface area contributed by atoms with Gasteiger partial charge in [0.15, 0.2) is 0 Å². The summed E-state index contributed by atoms with van der Waals surface area (Å²) in [6, 6.07) is 0. The van der Waals surface area contributed by atoms with Crippen LogP contribution in [0.1, 0.15) is 39.5 Å². The van der Waals surface area contributed by atoms with Crippen molar-refractivity contribution in [2.24, 2.45) is 5.41 Å². The molecular weight excluding hydrogens is 174 g/mol. The summed E-state index contributed by atoms with van der Waals surface area (Å²) in [6.07, 6.45) is 6.39.